The van der Waals surface area contributed by atoms with E-state index < -0.39 is 18.1 Å². The van der Waals surface area contributed by atoms with Gasteiger partial charge in [0.05, 0.1) is 13.1 Å². The van der Waals surface area contributed by atoms with E-state index in [0.29, 0.717) is 13.0 Å². The van der Waals surface area contributed by atoms with Gasteiger partial charge in [-0.15, -0.1) is 0 Å². The number of likely N-dealkylation sites (N-methyl/N-ethyl adjacent to an activating group) is 1. The number of rotatable bonds is 8. The summed E-state index contributed by atoms with van der Waals surface area (Å²) in [5.41, 5.74) is 7.37. The number of aryl methyl sites for hydroxylation is 1. The van der Waals surface area contributed by atoms with Crippen molar-refractivity contribution in [2.24, 2.45) is 5.73 Å². The van der Waals surface area contributed by atoms with E-state index in [1.807, 2.05) is 60.7 Å². The summed E-state index contributed by atoms with van der Waals surface area (Å²) in [7, 11) is 1.71. The Hall–Kier alpha value is -3.72. The Bertz CT molecular complexity index is 1080. The van der Waals surface area contributed by atoms with Crippen LogP contribution in [0.1, 0.15) is 30.4 Å². The predicted molar refractivity (Wildman–Crippen MR) is 129 cm³/mol. The number of nitrogens with two attached hydrogens (primary N) is 1. The number of piperazine rings is 1. The van der Waals surface area contributed by atoms with Crippen molar-refractivity contribution in [3.8, 4) is 0 Å². The van der Waals surface area contributed by atoms with Gasteiger partial charge in [0, 0.05) is 26.4 Å². The summed E-state index contributed by atoms with van der Waals surface area (Å²) in [4.78, 5) is 54.7. The Labute approximate surface area is 205 Å². The number of carbonyl (C=O) groups is 4. The van der Waals surface area contributed by atoms with Crippen molar-refractivity contribution in [1.82, 2.24) is 19.8 Å². The van der Waals surface area contributed by atoms with Gasteiger partial charge in [-0.1, -0.05) is 60.7 Å². The molecule has 2 N–H and O–H groups in total. The molecule has 2 aliphatic rings. The molecule has 35 heavy (non-hydrogen) atoms. The van der Waals surface area contributed by atoms with E-state index in [1.54, 1.807) is 22.0 Å². The molecule has 9 nitrogen and oxygen atoms in total. The highest BCUT2D eigenvalue weighted by Gasteiger charge is 2.50. The molecule has 2 aliphatic heterocycles. The molecule has 2 saturated heterocycles. The zero-order valence-corrected chi connectivity index (χ0v) is 19.9. The molecule has 0 aliphatic carbocycles. The van der Waals surface area contributed by atoms with Gasteiger partial charge in [0.2, 0.25) is 23.6 Å². The molecule has 9 heteroatoms. The van der Waals surface area contributed by atoms with E-state index in [4.69, 9.17) is 5.73 Å². The Morgan fingerprint density at radius 2 is 1.57 bits per heavy atom. The maximum absolute atomic E-state index is 13.5. The summed E-state index contributed by atoms with van der Waals surface area (Å²) in [5, 5.41) is 3.24. The second kappa shape index (κ2) is 10.7. The van der Waals surface area contributed by atoms with Crippen LogP contribution in [0, 0.1) is 0 Å². The van der Waals surface area contributed by atoms with Crippen LogP contribution in [0.15, 0.2) is 60.7 Å². The second-order valence-corrected chi connectivity index (χ2v) is 9.05. The van der Waals surface area contributed by atoms with Crippen LogP contribution >= 0.6 is 0 Å². The highest BCUT2D eigenvalue weighted by molar-refractivity contribution is 5.92. The van der Waals surface area contributed by atoms with Gasteiger partial charge in [-0.2, -0.15) is 0 Å². The van der Waals surface area contributed by atoms with E-state index in [0.717, 1.165) is 11.1 Å². The Balaban J connectivity index is 1.61. The summed E-state index contributed by atoms with van der Waals surface area (Å²) in [5.74, 6) is -1.14. The monoisotopic (exact) mass is 477 g/mol. The number of hydrogen-bond donors (Lipinski definition) is 1. The van der Waals surface area contributed by atoms with Gasteiger partial charge in [-0.25, -0.2) is 5.01 Å². The topological polar surface area (TPSA) is 107 Å². The van der Waals surface area contributed by atoms with Crippen LogP contribution in [0.3, 0.4) is 0 Å². The van der Waals surface area contributed by atoms with E-state index in [2.05, 4.69) is 0 Å². The molecule has 2 atom stereocenters. The lowest BCUT2D eigenvalue weighted by molar-refractivity contribution is -0.203. The number of primary amides is 1. The van der Waals surface area contributed by atoms with E-state index in [1.165, 1.54) is 4.90 Å². The summed E-state index contributed by atoms with van der Waals surface area (Å²) >= 11 is 0. The number of carbonyl (C=O) groups excluding carboxylic acids is 4. The maximum Gasteiger partial charge on any atom is 0.245 e. The minimum Gasteiger partial charge on any atom is -0.370 e. The summed E-state index contributed by atoms with van der Waals surface area (Å²) < 4.78 is 0. The molecule has 0 unspecified atom stereocenters. The zero-order valence-electron chi connectivity index (χ0n) is 19.9. The van der Waals surface area contributed by atoms with Gasteiger partial charge in [0.15, 0.2) is 0 Å². The minimum atomic E-state index is -0.851. The highest BCUT2D eigenvalue weighted by atomic mass is 16.2. The highest BCUT2D eigenvalue weighted by Crippen LogP contribution is 2.29. The summed E-state index contributed by atoms with van der Waals surface area (Å²) in [6.45, 7) is 0.515. The van der Waals surface area contributed by atoms with Crippen molar-refractivity contribution in [3.63, 3.8) is 0 Å². The largest absolute Gasteiger partial charge is 0.370 e. The molecule has 0 radical (unpaired) electrons. The van der Waals surface area contributed by atoms with Gasteiger partial charge in [0.1, 0.15) is 12.2 Å². The fourth-order valence-electron chi connectivity index (χ4n) is 4.88. The van der Waals surface area contributed by atoms with Gasteiger partial charge in [-0.3, -0.25) is 24.2 Å². The number of hydrazine groups is 1. The third-order valence-corrected chi connectivity index (χ3v) is 6.55. The number of nitrogens with zero attached hydrogens (tertiary/aromatic N) is 4. The lowest BCUT2D eigenvalue weighted by atomic mass is 10.0. The third-order valence-electron chi connectivity index (χ3n) is 6.55. The van der Waals surface area contributed by atoms with Crippen molar-refractivity contribution in [3.05, 3.63) is 71.8 Å². The molecular formula is C26H31N5O4. The average molecular weight is 478 g/mol. The molecule has 0 aromatic heterocycles. The molecule has 0 saturated carbocycles. The molecule has 4 amide bonds. The van der Waals surface area contributed by atoms with Gasteiger partial charge >= 0.3 is 0 Å². The minimum absolute atomic E-state index is 0.0212. The number of fused-ring (bicyclic) bond motifs is 1. The summed E-state index contributed by atoms with van der Waals surface area (Å²) in [6.07, 6.45) is 0.290. The smallest absolute Gasteiger partial charge is 0.245 e. The van der Waals surface area contributed by atoms with Crippen molar-refractivity contribution in [1.29, 1.82) is 0 Å². The van der Waals surface area contributed by atoms with Gasteiger partial charge in [-0.05, 0) is 24.0 Å². The first kappa shape index (κ1) is 24.4. The first-order valence-corrected chi connectivity index (χ1v) is 11.8. The molecule has 184 valence electrons. The van der Waals surface area contributed by atoms with Crippen LogP contribution in [-0.4, -0.2) is 75.8 Å². The van der Waals surface area contributed by atoms with E-state index in [-0.39, 0.29) is 50.1 Å². The lowest BCUT2D eigenvalue weighted by Gasteiger charge is -2.54. The predicted octanol–water partition coefficient (Wildman–Crippen LogP) is 1.14. The Morgan fingerprint density at radius 3 is 2.20 bits per heavy atom. The molecule has 2 aromatic rings. The quantitative estimate of drug-likeness (QED) is 0.614. The van der Waals surface area contributed by atoms with Crippen LogP contribution in [0.5, 0.6) is 0 Å². The van der Waals surface area contributed by atoms with E-state index >= 15 is 0 Å². The van der Waals surface area contributed by atoms with Gasteiger partial charge in [0.25, 0.3) is 0 Å². The standard InChI is InChI=1S/C26H31N5O4/c1-28-18-25(34)30-21(13-14-22(27)32)26(35)29(16-20-10-6-3-7-11-20)17-23(30)31(28)24(33)15-12-19-8-4-2-5-9-19/h2-11,21,23H,12-18H2,1H3,(H2,27,32)/t21-,23-/m0/s1. The van der Waals surface area contributed by atoms with Gasteiger partial charge < -0.3 is 15.5 Å². The average Bonchev–Trinajstić information content (AvgIpc) is 2.84. The Morgan fingerprint density at radius 1 is 0.943 bits per heavy atom. The normalized spacial score (nSPS) is 20.7. The van der Waals surface area contributed by atoms with Crippen molar-refractivity contribution in [2.45, 2.75) is 44.4 Å². The van der Waals surface area contributed by atoms with Crippen molar-refractivity contribution in [2.75, 3.05) is 20.1 Å². The molecule has 0 bridgehead atoms. The van der Waals surface area contributed by atoms with Crippen LogP contribution in [0.2, 0.25) is 0 Å². The van der Waals surface area contributed by atoms with Crippen LogP contribution in [-0.2, 0) is 32.1 Å². The molecule has 2 heterocycles. The first-order chi connectivity index (χ1) is 16.8. The molecule has 2 aromatic carbocycles. The maximum atomic E-state index is 13.5. The molecule has 2 fully saturated rings. The van der Waals surface area contributed by atoms with Crippen molar-refractivity contribution >= 4 is 23.6 Å². The number of benzene rings is 2. The molecular weight excluding hydrogens is 446 g/mol. The number of hydrogen-bond acceptors (Lipinski definition) is 5. The first-order valence-electron chi connectivity index (χ1n) is 11.8. The fraction of sp³-hybridized carbons (Fsp3) is 0.385. The van der Waals surface area contributed by atoms with E-state index in [9.17, 15) is 19.2 Å². The molecule has 0 spiro atoms. The van der Waals surface area contributed by atoms with Crippen LogP contribution in [0.25, 0.3) is 0 Å². The summed E-state index contributed by atoms with van der Waals surface area (Å²) in [6, 6.07) is 18.5. The second-order valence-electron chi connectivity index (χ2n) is 9.05. The third kappa shape index (κ3) is 5.51. The van der Waals surface area contributed by atoms with Crippen molar-refractivity contribution < 1.29 is 19.2 Å². The fourth-order valence-corrected chi connectivity index (χ4v) is 4.88. The Kier molecular flexibility index (Phi) is 7.45. The lowest BCUT2D eigenvalue weighted by Crippen LogP contribution is -2.75. The number of amides is 4. The SMILES string of the molecule is CN1CC(=O)N2[C@@H](CCC(N)=O)C(=O)N(Cc3ccccc3)C[C@@H]2N1C(=O)CCc1ccccc1. The van der Waals surface area contributed by atoms with Crippen LogP contribution in [0.4, 0.5) is 0 Å². The zero-order chi connectivity index (χ0) is 24.9. The molecule has 4 rings (SSSR count). The van der Waals surface area contributed by atoms with Crippen LogP contribution < -0.4 is 5.73 Å².